The summed E-state index contributed by atoms with van der Waals surface area (Å²) in [6.07, 6.45) is 5.22. The summed E-state index contributed by atoms with van der Waals surface area (Å²) in [5.74, 6) is -2.07. The Hall–Kier alpha value is -2.70. The minimum absolute atomic E-state index is 0.0863. The van der Waals surface area contributed by atoms with E-state index in [1.807, 2.05) is 6.20 Å². The molecule has 1 fully saturated rings. The van der Waals surface area contributed by atoms with Crippen LogP contribution in [0.3, 0.4) is 0 Å². The molecule has 0 unspecified atom stereocenters. The summed E-state index contributed by atoms with van der Waals surface area (Å²) in [5, 5.41) is 15.5. The van der Waals surface area contributed by atoms with Crippen molar-refractivity contribution in [1.29, 1.82) is 0 Å². The van der Waals surface area contributed by atoms with E-state index in [4.69, 9.17) is 5.11 Å². The summed E-state index contributed by atoms with van der Waals surface area (Å²) < 4.78 is 14.0. The number of hydrogen-bond donors (Lipinski definition) is 2. The van der Waals surface area contributed by atoms with Gasteiger partial charge in [-0.05, 0) is 42.5 Å². The SMILES string of the molecule is O=C(O)c1ccc(C(=O)N2CCC(c3cn[nH]c3)CC2)c(F)c1. The summed E-state index contributed by atoms with van der Waals surface area (Å²) in [5.41, 5.74) is 0.864. The Balaban J connectivity index is 1.69. The van der Waals surface area contributed by atoms with E-state index in [0.717, 1.165) is 24.5 Å². The number of benzene rings is 1. The number of nitrogens with one attached hydrogen (secondary N) is 1. The fourth-order valence-electron chi connectivity index (χ4n) is 2.89. The van der Waals surface area contributed by atoms with E-state index in [0.29, 0.717) is 19.0 Å². The predicted octanol–water partition coefficient (Wildman–Crippen LogP) is 2.27. The van der Waals surface area contributed by atoms with Crippen molar-refractivity contribution in [1.82, 2.24) is 15.1 Å². The summed E-state index contributed by atoms with van der Waals surface area (Å²) in [6.45, 7) is 1.07. The number of amides is 1. The maximum atomic E-state index is 14.0. The van der Waals surface area contributed by atoms with Crippen LogP contribution in [0.2, 0.25) is 0 Å². The highest BCUT2D eigenvalue weighted by Gasteiger charge is 2.26. The van der Waals surface area contributed by atoms with Gasteiger partial charge in [0.1, 0.15) is 5.82 Å². The molecule has 0 atom stereocenters. The third-order valence-electron chi connectivity index (χ3n) is 4.22. The fraction of sp³-hybridized carbons (Fsp3) is 0.312. The summed E-state index contributed by atoms with van der Waals surface area (Å²) in [6, 6.07) is 3.37. The van der Waals surface area contributed by atoms with Crippen molar-refractivity contribution in [3.63, 3.8) is 0 Å². The van der Waals surface area contributed by atoms with Gasteiger partial charge in [0, 0.05) is 19.3 Å². The molecule has 1 amide bonds. The summed E-state index contributed by atoms with van der Waals surface area (Å²) in [7, 11) is 0. The van der Waals surface area contributed by atoms with Crippen LogP contribution in [0.5, 0.6) is 0 Å². The van der Waals surface area contributed by atoms with Crippen LogP contribution >= 0.6 is 0 Å². The number of carbonyl (C=O) groups is 2. The zero-order chi connectivity index (χ0) is 16.4. The van der Waals surface area contributed by atoms with Crippen LogP contribution in [0.1, 0.15) is 45.0 Å². The lowest BCUT2D eigenvalue weighted by molar-refractivity contribution is 0.0686. The molecule has 1 aliphatic heterocycles. The van der Waals surface area contributed by atoms with E-state index in [9.17, 15) is 14.0 Å². The van der Waals surface area contributed by atoms with E-state index in [2.05, 4.69) is 10.2 Å². The van der Waals surface area contributed by atoms with Crippen molar-refractivity contribution in [2.75, 3.05) is 13.1 Å². The molecule has 0 radical (unpaired) electrons. The molecule has 2 aromatic rings. The number of carboxylic acid groups (broad SMARTS) is 1. The van der Waals surface area contributed by atoms with Crippen LogP contribution in [0.25, 0.3) is 0 Å². The Labute approximate surface area is 131 Å². The molecule has 120 valence electrons. The molecule has 0 bridgehead atoms. The molecule has 6 nitrogen and oxygen atoms in total. The zero-order valence-electron chi connectivity index (χ0n) is 12.3. The quantitative estimate of drug-likeness (QED) is 0.909. The van der Waals surface area contributed by atoms with Gasteiger partial charge in [0.25, 0.3) is 5.91 Å². The van der Waals surface area contributed by atoms with Crippen molar-refractivity contribution in [3.8, 4) is 0 Å². The molecular weight excluding hydrogens is 301 g/mol. The first-order valence-corrected chi connectivity index (χ1v) is 7.37. The molecule has 2 heterocycles. The van der Waals surface area contributed by atoms with Crippen LogP contribution in [0, 0.1) is 5.82 Å². The van der Waals surface area contributed by atoms with Gasteiger partial charge in [-0.1, -0.05) is 0 Å². The van der Waals surface area contributed by atoms with E-state index in [1.165, 1.54) is 12.1 Å². The molecule has 7 heteroatoms. The maximum Gasteiger partial charge on any atom is 0.335 e. The van der Waals surface area contributed by atoms with Crippen LogP contribution in [0.15, 0.2) is 30.6 Å². The minimum atomic E-state index is -1.22. The Bertz CT molecular complexity index is 722. The van der Waals surface area contributed by atoms with E-state index in [-0.39, 0.29) is 11.1 Å². The molecule has 2 N–H and O–H groups in total. The van der Waals surface area contributed by atoms with Crippen molar-refractivity contribution in [3.05, 3.63) is 53.1 Å². The van der Waals surface area contributed by atoms with Gasteiger partial charge in [-0.3, -0.25) is 9.89 Å². The minimum Gasteiger partial charge on any atom is -0.478 e. The second-order valence-electron chi connectivity index (χ2n) is 5.60. The first-order chi connectivity index (χ1) is 11.1. The number of halogens is 1. The van der Waals surface area contributed by atoms with E-state index in [1.54, 1.807) is 11.1 Å². The number of piperidine rings is 1. The van der Waals surface area contributed by atoms with Gasteiger partial charge in [-0.2, -0.15) is 5.10 Å². The van der Waals surface area contributed by atoms with E-state index >= 15 is 0 Å². The Morgan fingerprint density at radius 1 is 1.30 bits per heavy atom. The molecule has 0 aliphatic carbocycles. The van der Waals surface area contributed by atoms with Crippen LogP contribution < -0.4 is 0 Å². The van der Waals surface area contributed by atoms with Crippen molar-refractivity contribution >= 4 is 11.9 Å². The molecule has 3 rings (SSSR count). The predicted molar refractivity (Wildman–Crippen MR) is 79.8 cm³/mol. The summed E-state index contributed by atoms with van der Waals surface area (Å²) >= 11 is 0. The number of aromatic nitrogens is 2. The fourth-order valence-corrected chi connectivity index (χ4v) is 2.89. The lowest BCUT2D eigenvalue weighted by atomic mass is 9.91. The second kappa shape index (κ2) is 6.20. The molecular formula is C16H16FN3O3. The van der Waals surface area contributed by atoms with Gasteiger partial charge in [0.2, 0.25) is 0 Å². The molecule has 1 saturated heterocycles. The number of aromatic amines is 1. The Morgan fingerprint density at radius 3 is 2.61 bits per heavy atom. The molecule has 23 heavy (non-hydrogen) atoms. The number of likely N-dealkylation sites (tertiary alicyclic amines) is 1. The standard InChI is InChI=1S/C16H16FN3O3/c17-14-7-11(16(22)23)1-2-13(14)15(21)20-5-3-10(4-6-20)12-8-18-19-9-12/h1-2,7-10H,3-6H2,(H,18,19)(H,22,23). The smallest absolute Gasteiger partial charge is 0.335 e. The topological polar surface area (TPSA) is 86.3 Å². The number of hydrogen-bond acceptors (Lipinski definition) is 3. The zero-order valence-corrected chi connectivity index (χ0v) is 12.3. The molecule has 1 aromatic heterocycles. The van der Waals surface area contributed by atoms with Crippen molar-refractivity contribution in [2.24, 2.45) is 0 Å². The van der Waals surface area contributed by atoms with E-state index < -0.39 is 17.7 Å². The van der Waals surface area contributed by atoms with Gasteiger partial charge in [-0.15, -0.1) is 0 Å². The first kappa shape index (κ1) is 15.2. The number of H-pyrrole nitrogens is 1. The Morgan fingerprint density at radius 2 is 2.04 bits per heavy atom. The third-order valence-corrected chi connectivity index (χ3v) is 4.22. The number of nitrogens with zero attached hydrogens (tertiary/aromatic N) is 2. The monoisotopic (exact) mass is 317 g/mol. The second-order valence-corrected chi connectivity index (χ2v) is 5.60. The van der Waals surface area contributed by atoms with Crippen LogP contribution in [0.4, 0.5) is 4.39 Å². The number of aromatic carboxylic acids is 1. The average Bonchev–Trinajstić information content (AvgIpc) is 3.08. The maximum absolute atomic E-state index is 14.0. The number of rotatable bonds is 3. The highest BCUT2D eigenvalue weighted by Crippen LogP contribution is 2.28. The van der Waals surface area contributed by atoms with Gasteiger partial charge in [-0.25, -0.2) is 9.18 Å². The Kier molecular flexibility index (Phi) is 4.10. The van der Waals surface area contributed by atoms with Gasteiger partial charge >= 0.3 is 5.97 Å². The van der Waals surface area contributed by atoms with Crippen LogP contribution in [-0.4, -0.2) is 45.2 Å². The normalized spacial score (nSPS) is 15.6. The first-order valence-electron chi connectivity index (χ1n) is 7.37. The molecule has 1 aliphatic rings. The largest absolute Gasteiger partial charge is 0.478 e. The number of carboxylic acids is 1. The number of carbonyl (C=O) groups excluding carboxylic acids is 1. The molecule has 0 saturated carbocycles. The van der Waals surface area contributed by atoms with Gasteiger partial charge in [0.05, 0.1) is 17.3 Å². The highest BCUT2D eigenvalue weighted by molar-refractivity contribution is 5.96. The van der Waals surface area contributed by atoms with Crippen LogP contribution in [-0.2, 0) is 0 Å². The van der Waals surface area contributed by atoms with Gasteiger partial charge < -0.3 is 10.0 Å². The lowest BCUT2D eigenvalue weighted by Crippen LogP contribution is -2.38. The molecule has 0 spiro atoms. The van der Waals surface area contributed by atoms with Gasteiger partial charge in [0.15, 0.2) is 0 Å². The average molecular weight is 317 g/mol. The highest BCUT2D eigenvalue weighted by atomic mass is 19.1. The van der Waals surface area contributed by atoms with Crippen molar-refractivity contribution < 1.29 is 19.1 Å². The van der Waals surface area contributed by atoms with Crippen molar-refractivity contribution in [2.45, 2.75) is 18.8 Å². The third kappa shape index (κ3) is 3.08. The summed E-state index contributed by atoms with van der Waals surface area (Å²) in [4.78, 5) is 24.8. The molecule has 1 aromatic carbocycles. The lowest BCUT2D eigenvalue weighted by Gasteiger charge is -2.31.